The van der Waals surface area contributed by atoms with E-state index in [-0.39, 0.29) is 18.4 Å². The van der Waals surface area contributed by atoms with Gasteiger partial charge in [0.15, 0.2) is 0 Å². The lowest BCUT2D eigenvalue weighted by atomic mass is 10.1. The van der Waals surface area contributed by atoms with Crippen molar-refractivity contribution in [2.45, 2.75) is 0 Å². The fourth-order valence-electron chi connectivity index (χ4n) is 2.40. The number of nitrogens with one attached hydrogen (secondary N) is 2. The fraction of sp³-hybridized carbons (Fsp3) is 0.111. The molecule has 0 radical (unpaired) electrons. The largest absolute Gasteiger partial charge is 0.342 e. The maximum Gasteiger partial charge on any atom is 0.269 e. The molecule has 0 unspecified atom stereocenters. The number of carbonyl (C=O) groups excluding carboxylic acids is 2. The molecule has 2 amide bonds. The highest BCUT2D eigenvalue weighted by Gasteiger charge is 2.11. The minimum Gasteiger partial charge on any atom is -0.342 e. The molecule has 0 saturated carbocycles. The van der Waals surface area contributed by atoms with Gasteiger partial charge < -0.3 is 10.6 Å². The maximum absolute atomic E-state index is 12.0. The van der Waals surface area contributed by atoms with Crippen LogP contribution in [-0.4, -0.2) is 33.1 Å². The van der Waals surface area contributed by atoms with Crippen molar-refractivity contribution in [1.29, 1.82) is 0 Å². The van der Waals surface area contributed by atoms with Crippen LogP contribution in [0.4, 0.5) is 5.69 Å². The zero-order chi connectivity index (χ0) is 18.5. The molecule has 0 bridgehead atoms. The van der Waals surface area contributed by atoms with E-state index < -0.39 is 0 Å². The summed E-state index contributed by atoms with van der Waals surface area (Å²) in [5.74, 6) is -0.682. The van der Waals surface area contributed by atoms with Crippen LogP contribution in [0.15, 0.2) is 55.0 Å². The lowest BCUT2D eigenvalue weighted by Crippen LogP contribution is -2.33. The smallest absolute Gasteiger partial charge is 0.269 e. The van der Waals surface area contributed by atoms with Crippen LogP contribution in [0.5, 0.6) is 0 Å². The van der Waals surface area contributed by atoms with Crippen molar-refractivity contribution in [3.8, 4) is 11.1 Å². The van der Waals surface area contributed by atoms with Crippen molar-refractivity contribution < 1.29 is 9.59 Å². The maximum atomic E-state index is 12.0. The van der Waals surface area contributed by atoms with Crippen molar-refractivity contribution in [2.75, 3.05) is 11.9 Å². The predicted octanol–water partition coefficient (Wildman–Crippen LogP) is 2.50. The van der Waals surface area contributed by atoms with Crippen LogP contribution in [0.3, 0.4) is 0 Å². The van der Waals surface area contributed by atoms with Gasteiger partial charge in [0.1, 0.15) is 5.69 Å². The van der Waals surface area contributed by atoms with Crippen LogP contribution in [0.2, 0.25) is 5.02 Å². The van der Waals surface area contributed by atoms with Crippen LogP contribution in [0, 0.1) is 0 Å². The normalized spacial score (nSPS) is 10.4. The molecular weight excluding hydrogens is 354 g/mol. The topological polar surface area (TPSA) is 88.9 Å². The molecule has 0 spiro atoms. The lowest BCUT2D eigenvalue weighted by molar-refractivity contribution is -0.115. The van der Waals surface area contributed by atoms with Crippen LogP contribution >= 0.6 is 11.6 Å². The van der Waals surface area contributed by atoms with Gasteiger partial charge in [0, 0.05) is 36.9 Å². The highest BCUT2D eigenvalue weighted by atomic mass is 35.5. The van der Waals surface area contributed by atoms with Gasteiger partial charge in [-0.1, -0.05) is 23.7 Å². The third kappa shape index (κ3) is 4.07. The molecule has 0 aliphatic rings. The second-order valence-corrected chi connectivity index (χ2v) is 5.91. The predicted molar refractivity (Wildman–Crippen MR) is 98.9 cm³/mol. The van der Waals surface area contributed by atoms with E-state index in [2.05, 4.69) is 20.7 Å². The molecule has 2 heterocycles. The second kappa shape index (κ2) is 7.79. The number of aryl methyl sites for hydroxylation is 1. The summed E-state index contributed by atoms with van der Waals surface area (Å²) in [6.45, 7) is -0.137. The molecule has 0 fully saturated rings. The van der Waals surface area contributed by atoms with Gasteiger partial charge in [-0.05, 0) is 29.8 Å². The number of pyridine rings is 1. The molecule has 3 aromatic rings. The van der Waals surface area contributed by atoms with E-state index in [1.54, 1.807) is 37.6 Å². The zero-order valence-electron chi connectivity index (χ0n) is 13.9. The van der Waals surface area contributed by atoms with Crippen LogP contribution in [0.1, 0.15) is 10.5 Å². The number of carbonyl (C=O) groups is 2. The van der Waals surface area contributed by atoms with Gasteiger partial charge >= 0.3 is 0 Å². The van der Waals surface area contributed by atoms with Crippen molar-refractivity contribution in [3.05, 3.63) is 65.7 Å². The van der Waals surface area contributed by atoms with Crippen molar-refractivity contribution >= 4 is 29.1 Å². The van der Waals surface area contributed by atoms with Gasteiger partial charge in [-0.3, -0.25) is 19.3 Å². The Kier molecular flexibility index (Phi) is 5.28. The van der Waals surface area contributed by atoms with E-state index in [1.165, 1.54) is 10.9 Å². The van der Waals surface area contributed by atoms with E-state index in [9.17, 15) is 9.59 Å². The van der Waals surface area contributed by atoms with Crippen molar-refractivity contribution in [3.63, 3.8) is 0 Å². The first kappa shape index (κ1) is 17.6. The highest BCUT2D eigenvalue weighted by Crippen LogP contribution is 2.27. The third-order valence-electron chi connectivity index (χ3n) is 3.72. The first-order valence-corrected chi connectivity index (χ1v) is 8.18. The number of aromatic nitrogens is 3. The monoisotopic (exact) mass is 369 g/mol. The quantitative estimate of drug-likeness (QED) is 0.723. The number of hydrogen-bond donors (Lipinski definition) is 2. The molecule has 26 heavy (non-hydrogen) atoms. The van der Waals surface area contributed by atoms with E-state index in [1.807, 2.05) is 18.2 Å². The highest BCUT2D eigenvalue weighted by molar-refractivity contribution is 6.33. The summed E-state index contributed by atoms with van der Waals surface area (Å²) < 4.78 is 1.44. The zero-order valence-corrected chi connectivity index (χ0v) is 14.7. The number of rotatable bonds is 5. The van der Waals surface area contributed by atoms with E-state index in [0.29, 0.717) is 16.4 Å². The Bertz CT molecular complexity index is 937. The molecule has 1 aromatic carbocycles. The van der Waals surface area contributed by atoms with Crippen LogP contribution < -0.4 is 10.6 Å². The summed E-state index contributed by atoms with van der Waals surface area (Å²) in [6.07, 6.45) is 4.77. The second-order valence-electron chi connectivity index (χ2n) is 5.50. The van der Waals surface area contributed by atoms with Crippen molar-refractivity contribution in [1.82, 2.24) is 20.1 Å². The van der Waals surface area contributed by atoms with Gasteiger partial charge in [0.05, 0.1) is 11.6 Å². The average Bonchev–Trinajstić information content (AvgIpc) is 3.07. The van der Waals surface area contributed by atoms with E-state index >= 15 is 0 Å². The Morgan fingerprint density at radius 1 is 1.12 bits per heavy atom. The van der Waals surface area contributed by atoms with E-state index in [0.717, 1.165) is 11.1 Å². The van der Waals surface area contributed by atoms with Crippen LogP contribution in [0.25, 0.3) is 11.1 Å². The Hall–Kier alpha value is -3.19. The number of nitrogens with zero attached hydrogens (tertiary/aromatic N) is 3. The number of anilines is 1. The third-order valence-corrected chi connectivity index (χ3v) is 4.02. The van der Waals surface area contributed by atoms with Gasteiger partial charge in [0.2, 0.25) is 5.91 Å². The molecule has 0 atom stereocenters. The SMILES string of the molecule is Cn1nccc1C(=O)NCC(=O)Nc1ccc(-c2ccncc2Cl)cc1. The first-order valence-electron chi connectivity index (χ1n) is 7.80. The molecular formula is C18H16ClN5O2. The molecule has 0 aliphatic heterocycles. The summed E-state index contributed by atoms with van der Waals surface area (Å²) in [6, 6.07) is 10.6. The number of benzene rings is 1. The summed E-state index contributed by atoms with van der Waals surface area (Å²) in [5, 5.41) is 9.75. The molecule has 8 heteroatoms. The molecule has 0 saturated heterocycles. The molecule has 3 rings (SSSR count). The minimum absolute atomic E-state index is 0.137. The molecule has 2 N–H and O–H groups in total. The standard InChI is InChI=1S/C18H16ClN5O2/c1-24-16(7-9-22-24)18(26)21-11-17(25)23-13-4-2-12(3-5-13)14-6-8-20-10-15(14)19/h2-10H,11H2,1H3,(H,21,26)(H,23,25). The molecule has 0 aliphatic carbocycles. The van der Waals surface area contributed by atoms with E-state index in [4.69, 9.17) is 11.6 Å². The Morgan fingerprint density at radius 3 is 2.54 bits per heavy atom. The average molecular weight is 370 g/mol. The van der Waals surface area contributed by atoms with Crippen LogP contribution in [-0.2, 0) is 11.8 Å². The summed E-state index contributed by atoms with van der Waals surface area (Å²) >= 11 is 6.13. The molecule has 7 nitrogen and oxygen atoms in total. The summed E-state index contributed by atoms with van der Waals surface area (Å²) in [5.41, 5.74) is 2.79. The van der Waals surface area contributed by atoms with Gasteiger partial charge in [-0.2, -0.15) is 5.10 Å². The van der Waals surface area contributed by atoms with Gasteiger partial charge in [0.25, 0.3) is 5.91 Å². The van der Waals surface area contributed by atoms with Gasteiger partial charge in [-0.15, -0.1) is 0 Å². The molecule has 132 valence electrons. The number of halogens is 1. The fourth-order valence-corrected chi connectivity index (χ4v) is 2.62. The Balaban J connectivity index is 1.57. The lowest BCUT2D eigenvalue weighted by Gasteiger charge is -2.09. The van der Waals surface area contributed by atoms with Gasteiger partial charge in [-0.25, -0.2) is 0 Å². The number of hydrogen-bond acceptors (Lipinski definition) is 4. The first-order chi connectivity index (χ1) is 12.5. The number of amides is 2. The summed E-state index contributed by atoms with van der Waals surface area (Å²) in [7, 11) is 1.66. The summed E-state index contributed by atoms with van der Waals surface area (Å²) in [4.78, 5) is 27.9. The minimum atomic E-state index is -0.358. The Labute approximate surface area is 155 Å². The van der Waals surface area contributed by atoms with Crippen molar-refractivity contribution in [2.24, 2.45) is 7.05 Å². The Morgan fingerprint density at radius 2 is 1.88 bits per heavy atom. The molecule has 2 aromatic heterocycles.